The Balaban J connectivity index is 1.59. The summed E-state index contributed by atoms with van der Waals surface area (Å²) >= 11 is 0. The van der Waals surface area contributed by atoms with E-state index in [4.69, 9.17) is 10.5 Å². The molecule has 31 heavy (non-hydrogen) atoms. The second-order valence-corrected chi connectivity index (χ2v) is 7.61. The number of carbonyl (C=O) groups is 1. The quantitative estimate of drug-likeness (QED) is 0.459. The summed E-state index contributed by atoms with van der Waals surface area (Å²) in [5.41, 5.74) is 9.84. The Hall–Kier alpha value is -4.07. The van der Waals surface area contributed by atoms with E-state index in [1.54, 1.807) is 0 Å². The lowest BCUT2D eigenvalue weighted by molar-refractivity contribution is 0.188. The maximum atomic E-state index is 11.3. The summed E-state index contributed by atoms with van der Waals surface area (Å²) in [7, 11) is 0. The van der Waals surface area contributed by atoms with Crippen molar-refractivity contribution in [3.8, 4) is 22.6 Å². The summed E-state index contributed by atoms with van der Waals surface area (Å²) in [6, 6.07) is 17.1. The number of aromatic nitrogens is 3. The smallest absolute Gasteiger partial charge is 0.404 e. The fourth-order valence-corrected chi connectivity index (χ4v) is 4.35. The van der Waals surface area contributed by atoms with Gasteiger partial charge in [0.25, 0.3) is 0 Å². The van der Waals surface area contributed by atoms with Crippen molar-refractivity contribution in [1.29, 1.82) is 0 Å². The number of hydrogen-bond acceptors (Lipinski definition) is 5. The zero-order valence-electron chi connectivity index (χ0n) is 16.8. The number of anilines is 1. The van der Waals surface area contributed by atoms with Gasteiger partial charge in [0.05, 0.1) is 11.4 Å². The molecule has 0 saturated heterocycles. The third-order valence-corrected chi connectivity index (χ3v) is 5.75. The first-order chi connectivity index (χ1) is 15.0. The first kappa shape index (κ1) is 18.9. The highest BCUT2D eigenvalue weighted by molar-refractivity contribution is 6.03. The molecule has 0 bridgehead atoms. The third kappa shape index (κ3) is 3.22. The summed E-state index contributed by atoms with van der Waals surface area (Å²) < 4.78 is 7.95. The van der Waals surface area contributed by atoms with Crippen LogP contribution in [0.4, 0.5) is 10.6 Å². The molecular formula is C23H21N5O3. The van der Waals surface area contributed by atoms with Crippen LogP contribution in [-0.4, -0.2) is 31.8 Å². The Bertz CT molecular complexity index is 1270. The third-order valence-electron chi connectivity index (χ3n) is 5.75. The molecule has 0 aliphatic carbocycles. The lowest BCUT2D eigenvalue weighted by atomic mass is 9.93. The minimum Gasteiger partial charge on any atom is -0.465 e. The first-order valence-electron chi connectivity index (χ1n) is 9.98. The Morgan fingerprint density at radius 3 is 2.55 bits per heavy atom. The average Bonchev–Trinajstić information content (AvgIpc) is 3.25. The molecule has 2 aromatic heterocycles. The Labute approximate surface area is 178 Å². The molecule has 156 valence electrons. The zero-order chi connectivity index (χ0) is 21.5. The van der Waals surface area contributed by atoms with Crippen molar-refractivity contribution in [2.24, 2.45) is 0 Å². The number of nitrogens with zero attached hydrogens (tertiary/aromatic N) is 3. The number of carboxylic acid groups (broad SMARTS) is 1. The molecule has 1 aliphatic heterocycles. The molecule has 8 nitrogen and oxygen atoms in total. The molecule has 1 amide bonds. The molecular weight excluding hydrogens is 394 g/mol. The largest absolute Gasteiger partial charge is 0.465 e. The monoisotopic (exact) mass is 415 g/mol. The summed E-state index contributed by atoms with van der Waals surface area (Å²) in [4.78, 5) is 19.9. The molecule has 0 spiro atoms. The zero-order valence-corrected chi connectivity index (χ0v) is 16.8. The fourth-order valence-electron chi connectivity index (χ4n) is 4.35. The second kappa shape index (κ2) is 7.32. The summed E-state index contributed by atoms with van der Waals surface area (Å²) in [6.45, 7) is 2.50. The van der Waals surface area contributed by atoms with Gasteiger partial charge < -0.3 is 25.5 Å². The van der Waals surface area contributed by atoms with E-state index in [1.165, 1.54) is 6.33 Å². The van der Waals surface area contributed by atoms with Gasteiger partial charge in [-0.25, -0.2) is 14.8 Å². The fraction of sp³-hybridized carbons (Fsp3) is 0.174. The van der Waals surface area contributed by atoms with E-state index < -0.39 is 6.09 Å². The van der Waals surface area contributed by atoms with Crippen LogP contribution in [-0.2, 0) is 6.54 Å². The molecule has 1 aliphatic rings. The van der Waals surface area contributed by atoms with Gasteiger partial charge in [-0.1, -0.05) is 37.3 Å². The highest BCUT2D eigenvalue weighted by atomic mass is 16.5. The van der Waals surface area contributed by atoms with E-state index in [9.17, 15) is 9.90 Å². The maximum Gasteiger partial charge on any atom is 0.404 e. The number of para-hydroxylation sites is 1. The van der Waals surface area contributed by atoms with Crippen molar-refractivity contribution in [2.45, 2.75) is 25.4 Å². The summed E-state index contributed by atoms with van der Waals surface area (Å²) in [6.07, 6.45) is 0.402. The Morgan fingerprint density at radius 1 is 1.13 bits per heavy atom. The van der Waals surface area contributed by atoms with Crippen LogP contribution in [0.5, 0.6) is 11.5 Å². The second-order valence-electron chi connectivity index (χ2n) is 7.61. The molecule has 0 saturated carbocycles. The van der Waals surface area contributed by atoms with Crippen LogP contribution in [0.2, 0.25) is 0 Å². The van der Waals surface area contributed by atoms with Crippen molar-refractivity contribution >= 4 is 22.9 Å². The molecule has 4 N–H and O–H groups in total. The highest BCUT2D eigenvalue weighted by Gasteiger charge is 2.36. The van der Waals surface area contributed by atoms with Gasteiger partial charge in [0, 0.05) is 23.7 Å². The topological polar surface area (TPSA) is 115 Å². The number of benzene rings is 2. The van der Waals surface area contributed by atoms with E-state index >= 15 is 0 Å². The van der Waals surface area contributed by atoms with Crippen molar-refractivity contribution in [1.82, 2.24) is 19.9 Å². The van der Waals surface area contributed by atoms with E-state index in [0.717, 1.165) is 33.7 Å². The van der Waals surface area contributed by atoms with E-state index in [-0.39, 0.29) is 12.0 Å². The van der Waals surface area contributed by atoms with Crippen LogP contribution >= 0.6 is 0 Å². The molecule has 0 radical (unpaired) electrons. The molecule has 2 atom stereocenters. The minimum atomic E-state index is -1.04. The SMILES string of the molecule is C[C@H]1c2c(-c3ccc(Oc4ccccc4)cc3)c3c(N)ncnc3n2C[C@@H]1NC(=O)O. The lowest BCUT2D eigenvalue weighted by Crippen LogP contribution is -2.36. The van der Waals surface area contributed by atoms with Gasteiger partial charge in [0.15, 0.2) is 0 Å². The lowest BCUT2D eigenvalue weighted by Gasteiger charge is -2.16. The standard InChI is InChI=1S/C23H21N5O3/c1-13-17(27-23(29)30)11-28-20(13)18(19-21(24)25-12-26-22(19)28)14-7-9-16(10-8-14)31-15-5-3-2-4-6-15/h2-10,12-13,17,27H,11H2,1H3,(H,29,30)(H2,24,25,26)/t13-,17+/m1/s1. The van der Waals surface area contributed by atoms with Gasteiger partial charge in [-0.3, -0.25) is 0 Å². The number of hydrogen-bond donors (Lipinski definition) is 3. The number of nitrogens with two attached hydrogens (primary N) is 1. The van der Waals surface area contributed by atoms with Crippen LogP contribution in [0.25, 0.3) is 22.2 Å². The summed E-state index contributed by atoms with van der Waals surface area (Å²) in [5.74, 6) is 1.83. The Morgan fingerprint density at radius 2 is 1.84 bits per heavy atom. The van der Waals surface area contributed by atoms with Gasteiger partial charge in [-0.15, -0.1) is 0 Å². The number of nitrogen functional groups attached to an aromatic ring is 1. The van der Waals surface area contributed by atoms with Crippen molar-refractivity contribution < 1.29 is 14.6 Å². The Kier molecular flexibility index (Phi) is 4.47. The predicted octanol–water partition coefficient (Wildman–Crippen LogP) is 4.23. The normalized spacial score (nSPS) is 17.5. The minimum absolute atomic E-state index is 0.0556. The molecule has 3 heterocycles. The van der Waals surface area contributed by atoms with Crippen LogP contribution in [0.3, 0.4) is 0 Å². The molecule has 8 heteroatoms. The van der Waals surface area contributed by atoms with Gasteiger partial charge in [0.2, 0.25) is 0 Å². The molecule has 4 aromatic rings. The maximum absolute atomic E-state index is 11.3. The van der Waals surface area contributed by atoms with E-state index in [0.29, 0.717) is 18.0 Å². The number of rotatable bonds is 4. The van der Waals surface area contributed by atoms with Crippen LogP contribution in [0.15, 0.2) is 60.9 Å². The van der Waals surface area contributed by atoms with E-state index in [2.05, 4.69) is 15.3 Å². The highest BCUT2D eigenvalue weighted by Crippen LogP contribution is 2.44. The predicted molar refractivity (Wildman–Crippen MR) is 117 cm³/mol. The van der Waals surface area contributed by atoms with Crippen LogP contribution in [0, 0.1) is 0 Å². The average molecular weight is 415 g/mol. The molecule has 5 rings (SSSR count). The number of ether oxygens (including phenoxy) is 1. The van der Waals surface area contributed by atoms with Gasteiger partial charge >= 0.3 is 6.09 Å². The van der Waals surface area contributed by atoms with Gasteiger partial charge in [0.1, 0.15) is 29.3 Å². The van der Waals surface area contributed by atoms with Crippen LogP contribution < -0.4 is 15.8 Å². The van der Waals surface area contributed by atoms with Crippen molar-refractivity contribution in [3.63, 3.8) is 0 Å². The first-order valence-corrected chi connectivity index (χ1v) is 9.98. The molecule has 2 aromatic carbocycles. The van der Waals surface area contributed by atoms with Crippen molar-refractivity contribution in [2.75, 3.05) is 5.73 Å². The number of amides is 1. The molecule has 0 unspecified atom stereocenters. The van der Waals surface area contributed by atoms with E-state index in [1.807, 2.05) is 66.1 Å². The van der Waals surface area contributed by atoms with Crippen molar-refractivity contribution in [3.05, 3.63) is 66.6 Å². The number of fused-ring (bicyclic) bond motifs is 3. The van der Waals surface area contributed by atoms with Crippen LogP contribution in [0.1, 0.15) is 18.5 Å². The molecule has 0 fully saturated rings. The summed E-state index contributed by atoms with van der Waals surface area (Å²) in [5, 5.41) is 12.6. The number of nitrogens with one attached hydrogen (secondary N) is 1. The van der Waals surface area contributed by atoms with Gasteiger partial charge in [-0.2, -0.15) is 0 Å². The van der Waals surface area contributed by atoms with Gasteiger partial charge in [-0.05, 0) is 29.8 Å².